The van der Waals surface area contributed by atoms with Crippen LogP contribution in [0, 0.1) is 6.92 Å². The molecule has 0 aromatic heterocycles. The fourth-order valence-electron chi connectivity index (χ4n) is 1.59. The van der Waals surface area contributed by atoms with Gasteiger partial charge in [-0.05, 0) is 43.0 Å². The Morgan fingerprint density at radius 1 is 1.23 bits per heavy atom. The number of halogens is 2. The molecule has 0 heterocycles. The number of aryl methyl sites for hydroxylation is 1. The molecule has 2 rings (SSSR count). The van der Waals surface area contributed by atoms with E-state index in [4.69, 9.17) is 28.9 Å². The van der Waals surface area contributed by atoms with Crippen LogP contribution in [0.2, 0.25) is 10.0 Å². The Hall–Kier alpha value is -0.240. The molecule has 1 aliphatic rings. The van der Waals surface area contributed by atoms with Gasteiger partial charge in [0, 0.05) is 5.54 Å². The number of hydrogen-bond donors (Lipinski definition) is 1. The molecule has 0 aliphatic heterocycles. The van der Waals surface area contributed by atoms with Crippen molar-refractivity contribution >= 4 is 23.2 Å². The Morgan fingerprint density at radius 2 is 1.77 bits per heavy atom. The number of benzene rings is 1. The van der Waals surface area contributed by atoms with Gasteiger partial charge in [0.25, 0.3) is 0 Å². The molecule has 1 fully saturated rings. The monoisotopic (exact) mass is 215 g/mol. The van der Waals surface area contributed by atoms with E-state index in [1.807, 2.05) is 19.1 Å². The van der Waals surface area contributed by atoms with Crippen molar-refractivity contribution in [3.8, 4) is 0 Å². The van der Waals surface area contributed by atoms with Crippen molar-refractivity contribution in [2.24, 2.45) is 5.73 Å². The summed E-state index contributed by atoms with van der Waals surface area (Å²) in [5.74, 6) is 0. The zero-order chi connectivity index (χ0) is 9.64. The lowest BCUT2D eigenvalue weighted by atomic mass is 10.0. The standard InChI is InChI=1S/C10H11Cl2N/c1-6-4-8(11)9(12)5-7(6)10(13)2-3-10/h4-5H,2-3,13H2,1H3. The first-order chi connectivity index (χ1) is 6.03. The van der Waals surface area contributed by atoms with Gasteiger partial charge < -0.3 is 5.73 Å². The second-order valence-corrected chi connectivity index (χ2v) is 4.55. The molecule has 70 valence electrons. The second-order valence-electron chi connectivity index (χ2n) is 3.74. The van der Waals surface area contributed by atoms with Gasteiger partial charge in [0.1, 0.15) is 0 Å². The van der Waals surface area contributed by atoms with Gasteiger partial charge in [-0.25, -0.2) is 0 Å². The van der Waals surface area contributed by atoms with Gasteiger partial charge in [-0.2, -0.15) is 0 Å². The van der Waals surface area contributed by atoms with Crippen LogP contribution in [0.1, 0.15) is 24.0 Å². The summed E-state index contributed by atoms with van der Waals surface area (Å²) < 4.78 is 0. The van der Waals surface area contributed by atoms with Gasteiger partial charge in [0.15, 0.2) is 0 Å². The zero-order valence-electron chi connectivity index (χ0n) is 7.40. The Bertz CT molecular complexity index is 356. The fourth-order valence-corrected chi connectivity index (χ4v) is 1.97. The molecule has 0 spiro atoms. The molecule has 0 amide bonds. The lowest BCUT2D eigenvalue weighted by molar-refractivity contribution is 0.733. The van der Waals surface area contributed by atoms with Crippen LogP contribution >= 0.6 is 23.2 Å². The van der Waals surface area contributed by atoms with E-state index in [1.54, 1.807) is 0 Å². The molecule has 1 saturated carbocycles. The molecule has 2 N–H and O–H groups in total. The maximum absolute atomic E-state index is 6.09. The third kappa shape index (κ3) is 1.56. The van der Waals surface area contributed by atoms with E-state index in [2.05, 4.69) is 0 Å². The molecule has 1 nitrogen and oxygen atoms in total. The van der Waals surface area contributed by atoms with Crippen molar-refractivity contribution in [2.45, 2.75) is 25.3 Å². The van der Waals surface area contributed by atoms with Crippen LogP contribution in [0.4, 0.5) is 0 Å². The zero-order valence-corrected chi connectivity index (χ0v) is 8.91. The van der Waals surface area contributed by atoms with Gasteiger partial charge >= 0.3 is 0 Å². The van der Waals surface area contributed by atoms with Gasteiger partial charge in [-0.3, -0.25) is 0 Å². The fraction of sp³-hybridized carbons (Fsp3) is 0.400. The summed E-state index contributed by atoms with van der Waals surface area (Å²) in [6, 6.07) is 3.78. The molecule has 1 aromatic rings. The predicted molar refractivity (Wildman–Crippen MR) is 56.3 cm³/mol. The van der Waals surface area contributed by atoms with Crippen LogP contribution in [0.15, 0.2) is 12.1 Å². The average Bonchev–Trinajstić information content (AvgIpc) is 2.77. The Labute approximate surface area is 87.8 Å². The molecule has 0 unspecified atom stereocenters. The largest absolute Gasteiger partial charge is 0.321 e. The quantitative estimate of drug-likeness (QED) is 0.766. The molecule has 0 atom stereocenters. The molecule has 1 aliphatic carbocycles. The minimum atomic E-state index is -0.127. The highest BCUT2D eigenvalue weighted by Crippen LogP contribution is 2.45. The highest BCUT2D eigenvalue weighted by molar-refractivity contribution is 6.42. The smallest absolute Gasteiger partial charge is 0.0595 e. The van der Waals surface area contributed by atoms with E-state index in [0.717, 1.165) is 24.0 Å². The molecule has 0 bridgehead atoms. The van der Waals surface area contributed by atoms with Gasteiger partial charge in [-0.15, -0.1) is 0 Å². The van der Waals surface area contributed by atoms with E-state index in [0.29, 0.717) is 10.0 Å². The average molecular weight is 216 g/mol. The minimum Gasteiger partial charge on any atom is -0.321 e. The summed E-state index contributed by atoms with van der Waals surface area (Å²) in [6.45, 7) is 2.02. The highest BCUT2D eigenvalue weighted by atomic mass is 35.5. The van der Waals surface area contributed by atoms with Crippen molar-refractivity contribution in [3.05, 3.63) is 33.3 Å². The maximum atomic E-state index is 6.09. The molecule has 13 heavy (non-hydrogen) atoms. The molecular formula is C10H11Cl2N. The Kier molecular flexibility index (Phi) is 2.06. The van der Waals surface area contributed by atoms with Crippen LogP contribution in [0.25, 0.3) is 0 Å². The molecule has 3 heteroatoms. The van der Waals surface area contributed by atoms with Crippen LogP contribution in [0.3, 0.4) is 0 Å². The van der Waals surface area contributed by atoms with Crippen LogP contribution in [-0.2, 0) is 5.54 Å². The Morgan fingerprint density at radius 3 is 2.31 bits per heavy atom. The highest BCUT2D eigenvalue weighted by Gasteiger charge is 2.41. The van der Waals surface area contributed by atoms with Crippen molar-refractivity contribution in [3.63, 3.8) is 0 Å². The van der Waals surface area contributed by atoms with E-state index < -0.39 is 0 Å². The van der Waals surface area contributed by atoms with Crippen molar-refractivity contribution in [1.82, 2.24) is 0 Å². The summed E-state index contributed by atoms with van der Waals surface area (Å²) >= 11 is 11.8. The first-order valence-corrected chi connectivity index (χ1v) is 5.03. The molecule has 1 aromatic carbocycles. The van der Waals surface area contributed by atoms with Gasteiger partial charge in [0.2, 0.25) is 0 Å². The Balaban J connectivity index is 2.52. The molecule has 0 radical (unpaired) electrons. The lowest BCUT2D eigenvalue weighted by Gasteiger charge is -2.13. The van der Waals surface area contributed by atoms with Crippen LogP contribution in [-0.4, -0.2) is 0 Å². The molecular weight excluding hydrogens is 205 g/mol. The van der Waals surface area contributed by atoms with E-state index in [-0.39, 0.29) is 5.54 Å². The van der Waals surface area contributed by atoms with Crippen molar-refractivity contribution < 1.29 is 0 Å². The first kappa shape index (κ1) is 9.32. The SMILES string of the molecule is Cc1cc(Cl)c(Cl)cc1C1(N)CC1. The van der Waals surface area contributed by atoms with Crippen LogP contribution < -0.4 is 5.73 Å². The van der Waals surface area contributed by atoms with E-state index in [9.17, 15) is 0 Å². The van der Waals surface area contributed by atoms with Crippen molar-refractivity contribution in [2.75, 3.05) is 0 Å². The number of rotatable bonds is 1. The number of hydrogen-bond acceptors (Lipinski definition) is 1. The first-order valence-electron chi connectivity index (χ1n) is 4.28. The normalized spacial score (nSPS) is 18.8. The van der Waals surface area contributed by atoms with Crippen LogP contribution in [0.5, 0.6) is 0 Å². The third-order valence-electron chi connectivity index (χ3n) is 2.59. The van der Waals surface area contributed by atoms with Gasteiger partial charge in [0.05, 0.1) is 10.0 Å². The van der Waals surface area contributed by atoms with E-state index >= 15 is 0 Å². The second kappa shape index (κ2) is 2.88. The topological polar surface area (TPSA) is 26.0 Å². The van der Waals surface area contributed by atoms with E-state index in [1.165, 1.54) is 0 Å². The van der Waals surface area contributed by atoms with Crippen molar-refractivity contribution in [1.29, 1.82) is 0 Å². The summed E-state index contributed by atoms with van der Waals surface area (Å²) in [7, 11) is 0. The maximum Gasteiger partial charge on any atom is 0.0595 e. The number of nitrogens with two attached hydrogens (primary N) is 1. The summed E-state index contributed by atoms with van der Waals surface area (Å²) in [5, 5.41) is 1.20. The summed E-state index contributed by atoms with van der Waals surface area (Å²) in [5.41, 5.74) is 8.23. The summed E-state index contributed by atoms with van der Waals surface area (Å²) in [6.07, 6.45) is 2.09. The third-order valence-corrected chi connectivity index (χ3v) is 3.31. The molecule has 0 saturated heterocycles. The predicted octanol–water partition coefficient (Wildman–Crippen LogP) is 3.25. The summed E-state index contributed by atoms with van der Waals surface area (Å²) in [4.78, 5) is 0. The van der Waals surface area contributed by atoms with Gasteiger partial charge in [-0.1, -0.05) is 23.2 Å². The minimum absolute atomic E-state index is 0.127. The lowest BCUT2D eigenvalue weighted by Crippen LogP contribution is -2.19.